The number of likely N-dealkylation sites (N-methyl/N-ethyl adjacent to an activating group) is 1. The van der Waals surface area contributed by atoms with Gasteiger partial charge in [0.2, 0.25) is 6.73 Å². The number of hydrogen-bond acceptors (Lipinski definition) is 6. The van der Waals surface area contributed by atoms with Crippen LogP contribution in [0.4, 0.5) is 0 Å². The van der Waals surface area contributed by atoms with E-state index in [1.165, 1.54) is 31.0 Å². The Balaban J connectivity index is 1.52. The summed E-state index contributed by atoms with van der Waals surface area (Å²) < 4.78 is 21.1. The standard InChI is InChI=1S/C24H35N4O3S/c1-3-4-5-9-15-30-23-22(26-32-27-23)20-13-10-14-28(2,17-20)18-31-24(29)21(25)16-19-11-7-6-8-12-19/h6-8,11-13,21H,3-5,9-10,14-18,25H2,1-2H3/q+1/p+1/t21-,28?/m0/s1. The fourth-order valence-corrected chi connectivity index (χ4v) is 4.41. The van der Waals surface area contributed by atoms with Crippen LogP contribution in [-0.4, -0.2) is 58.7 Å². The lowest BCUT2D eigenvalue weighted by atomic mass is 10.1. The van der Waals surface area contributed by atoms with E-state index in [4.69, 9.17) is 9.47 Å². The monoisotopic (exact) mass is 460 g/mol. The van der Waals surface area contributed by atoms with Crippen molar-refractivity contribution >= 4 is 23.3 Å². The van der Waals surface area contributed by atoms with Gasteiger partial charge in [-0.15, -0.1) is 4.37 Å². The van der Waals surface area contributed by atoms with Gasteiger partial charge in [0.05, 0.1) is 31.9 Å². The van der Waals surface area contributed by atoms with Crippen LogP contribution in [-0.2, 0) is 16.0 Å². The van der Waals surface area contributed by atoms with Gasteiger partial charge >= 0.3 is 5.97 Å². The SMILES string of the molecule is CCCCCCOc1nsnc1C1=CCC[N+](C)(COC(=O)[C@@H]([NH3+])Cc2ccccc2)C1. The topological polar surface area (TPSA) is 89.0 Å². The van der Waals surface area contributed by atoms with Gasteiger partial charge in [0.25, 0.3) is 5.88 Å². The van der Waals surface area contributed by atoms with Crippen LogP contribution in [0.5, 0.6) is 5.88 Å². The van der Waals surface area contributed by atoms with Gasteiger partial charge in [0.15, 0.2) is 6.04 Å². The molecule has 0 amide bonds. The van der Waals surface area contributed by atoms with Crippen LogP contribution < -0.4 is 10.5 Å². The van der Waals surface area contributed by atoms with Gasteiger partial charge in [0, 0.05) is 18.4 Å². The molecule has 3 N–H and O–H groups in total. The molecule has 1 aliphatic rings. The van der Waals surface area contributed by atoms with Crippen LogP contribution in [0.1, 0.15) is 50.3 Å². The van der Waals surface area contributed by atoms with Crippen molar-refractivity contribution in [1.29, 1.82) is 0 Å². The van der Waals surface area contributed by atoms with Crippen LogP contribution in [0, 0.1) is 0 Å². The van der Waals surface area contributed by atoms with Crippen molar-refractivity contribution in [1.82, 2.24) is 8.75 Å². The highest BCUT2D eigenvalue weighted by atomic mass is 32.1. The Bertz CT molecular complexity index is 886. The smallest absolute Gasteiger partial charge is 0.369 e. The van der Waals surface area contributed by atoms with Gasteiger partial charge in [-0.2, -0.15) is 4.37 Å². The molecule has 0 aliphatic carbocycles. The first kappa shape index (κ1) is 24.4. The summed E-state index contributed by atoms with van der Waals surface area (Å²) in [5.41, 5.74) is 7.04. The van der Waals surface area contributed by atoms with E-state index in [-0.39, 0.29) is 5.97 Å². The van der Waals surface area contributed by atoms with Crippen molar-refractivity contribution < 1.29 is 24.5 Å². The number of benzene rings is 1. The molecule has 2 heterocycles. The maximum absolute atomic E-state index is 12.5. The van der Waals surface area contributed by atoms with Crippen LogP contribution in [0.3, 0.4) is 0 Å². The molecule has 0 bridgehead atoms. The zero-order valence-electron chi connectivity index (χ0n) is 19.3. The average Bonchev–Trinajstić information content (AvgIpc) is 3.27. The number of nitrogens with zero attached hydrogens (tertiary/aromatic N) is 3. The van der Waals surface area contributed by atoms with Crippen LogP contribution in [0.15, 0.2) is 36.4 Å². The van der Waals surface area contributed by atoms with E-state index >= 15 is 0 Å². The Morgan fingerprint density at radius 1 is 1.22 bits per heavy atom. The molecular weight excluding hydrogens is 424 g/mol. The van der Waals surface area contributed by atoms with Crippen molar-refractivity contribution in [3.05, 3.63) is 47.7 Å². The molecule has 1 aromatic carbocycles. The molecular formula is C24H36N4O3S+2. The number of quaternary nitrogens is 2. The van der Waals surface area contributed by atoms with Crippen molar-refractivity contribution in [2.45, 2.75) is 51.5 Å². The van der Waals surface area contributed by atoms with E-state index in [0.717, 1.165) is 42.8 Å². The number of unbranched alkanes of at least 4 members (excludes halogenated alkanes) is 3. The quantitative estimate of drug-likeness (QED) is 0.299. The number of aromatic nitrogens is 2. The molecule has 0 saturated carbocycles. The normalized spacial score (nSPS) is 19.3. The largest absolute Gasteiger partial charge is 0.475 e. The minimum Gasteiger partial charge on any atom is -0.475 e. The Hall–Kier alpha value is -2.29. The predicted octanol–water partition coefficient (Wildman–Crippen LogP) is 3.08. The van der Waals surface area contributed by atoms with Gasteiger partial charge < -0.3 is 15.2 Å². The number of esters is 1. The Kier molecular flexibility index (Phi) is 9.20. The minimum atomic E-state index is -0.417. The summed E-state index contributed by atoms with van der Waals surface area (Å²) in [6.07, 6.45) is 8.32. The number of rotatable bonds is 12. The molecule has 1 aliphatic heterocycles. The lowest BCUT2D eigenvalue weighted by molar-refractivity contribution is -0.919. The van der Waals surface area contributed by atoms with E-state index in [1.807, 2.05) is 30.3 Å². The van der Waals surface area contributed by atoms with E-state index in [9.17, 15) is 4.79 Å². The molecule has 0 saturated heterocycles. The molecule has 0 fully saturated rings. The Morgan fingerprint density at radius 2 is 2.03 bits per heavy atom. The lowest BCUT2D eigenvalue weighted by Crippen LogP contribution is -2.67. The van der Waals surface area contributed by atoms with Crippen molar-refractivity contribution in [2.75, 3.05) is 33.5 Å². The highest BCUT2D eigenvalue weighted by Crippen LogP contribution is 2.30. The zero-order chi connectivity index (χ0) is 22.8. The predicted molar refractivity (Wildman–Crippen MR) is 126 cm³/mol. The summed E-state index contributed by atoms with van der Waals surface area (Å²) in [5.74, 6) is 0.375. The Morgan fingerprint density at radius 3 is 2.81 bits per heavy atom. The van der Waals surface area contributed by atoms with Crippen molar-refractivity contribution in [3.63, 3.8) is 0 Å². The number of ether oxygens (including phenoxy) is 2. The van der Waals surface area contributed by atoms with Gasteiger partial charge in [0.1, 0.15) is 12.2 Å². The highest BCUT2D eigenvalue weighted by Gasteiger charge is 2.32. The molecule has 174 valence electrons. The first-order chi connectivity index (χ1) is 15.5. The molecule has 1 unspecified atom stereocenters. The molecule has 3 rings (SSSR count). The van der Waals surface area contributed by atoms with Crippen LogP contribution in [0.2, 0.25) is 0 Å². The first-order valence-corrected chi connectivity index (χ1v) is 12.3. The molecule has 0 radical (unpaired) electrons. The molecule has 7 nitrogen and oxygen atoms in total. The van der Waals surface area contributed by atoms with Crippen LogP contribution >= 0.6 is 11.7 Å². The third kappa shape index (κ3) is 7.12. The third-order valence-electron chi connectivity index (χ3n) is 5.79. The van der Waals surface area contributed by atoms with Gasteiger partial charge in [-0.1, -0.05) is 62.6 Å². The van der Waals surface area contributed by atoms with E-state index in [0.29, 0.717) is 30.1 Å². The summed E-state index contributed by atoms with van der Waals surface area (Å²) >= 11 is 1.18. The van der Waals surface area contributed by atoms with E-state index in [1.54, 1.807) is 0 Å². The maximum Gasteiger partial charge on any atom is 0.369 e. The molecule has 2 aromatic rings. The number of carbonyl (C=O) groups excluding carboxylic acids is 1. The first-order valence-electron chi connectivity index (χ1n) is 11.5. The number of hydrogen-bond donors (Lipinski definition) is 1. The van der Waals surface area contributed by atoms with Crippen molar-refractivity contribution in [2.24, 2.45) is 0 Å². The summed E-state index contributed by atoms with van der Waals surface area (Å²) in [6.45, 7) is 4.82. The number of carbonyl (C=O) groups is 1. The minimum absolute atomic E-state index is 0.254. The second-order valence-corrected chi connectivity index (χ2v) is 9.35. The highest BCUT2D eigenvalue weighted by molar-refractivity contribution is 6.99. The fourth-order valence-electron chi connectivity index (χ4n) is 3.88. The van der Waals surface area contributed by atoms with Crippen molar-refractivity contribution in [3.8, 4) is 5.88 Å². The maximum atomic E-state index is 12.5. The van der Waals surface area contributed by atoms with Gasteiger partial charge in [-0.05, 0) is 12.0 Å². The second-order valence-electron chi connectivity index (χ2n) is 8.83. The summed E-state index contributed by atoms with van der Waals surface area (Å²) in [7, 11) is 2.11. The molecule has 2 atom stereocenters. The second kappa shape index (κ2) is 12.1. The van der Waals surface area contributed by atoms with E-state index < -0.39 is 6.04 Å². The fraction of sp³-hybridized carbons (Fsp3) is 0.542. The van der Waals surface area contributed by atoms with E-state index in [2.05, 4.69) is 34.5 Å². The molecule has 1 aromatic heterocycles. The van der Waals surface area contributed by atoms with Crippen LogP contribution in [0.25, 0.3) is 5.57 Å². The Labute approximate surface area is 195 Å². The molecule has 8 heteroatoms. The van der Waals surface area contributed by atoms with Gasteiger partial charge in [-0.25, -0.2) is 4.79 Å². The molecule has 32 heavy (non-hydrogen) atoms. The lowest BCUT2D eigenvalue weighted by Gasteiger charge is -2.36. The third-order valence-corrected chi connectivity index (χ3v) is 6.30. The van der Waals surface area contributed by atoms with Gasteiger partial charge in [-0.3, -0.25) is 4.48 Å². The zero-order valence-corrected chi connectivity index (χ0v) is 20.1. The summed E-state index contributed by atoms with van der Waals surface area (Å²) in [6, 6.07) is 9.50. The summed E-state index contributed by atoms with van der Waals surface area (Å²) in [4.78, 5) is 12.5. The molecule has 0 spiro atoms. The average molecular weight is 461 g/mol. The summed E-state index contributed by atoms with van der Waals surface area (Å²) in [5, 5.41) is 0.